The Labute approximate surface area is 151 Å². The molecule has 26 heavy (non-hydrogen) atoms. The van der Waals surface area contributed by atoms with E-state index in [9.17, 15) is 9.59 Å². The predicted octanol–water partition coefficient (Wildman–Crippen LogP) is 2.33. The quantitative estimate of drug-likeness (QED) is 0.807. The van der Waals surface area contributed by atoms with Crippen molar-refractivity contribution in [2.24, 2.45) is 0 Å². The highest BCUT2D eigenvalue weighted by atomic mass is 16.5. The van der Waals surface area contributed by atoms with Gasteiger partial charge in [-0.05, 0) is 29.8 Å². The van der Waals surface area contributed by atoms with Crippen molar-refractivity contribution in [2.45, 2.75) is 6.54 Å². The third kappa shape index (κ3) is 4.42. The molecule has 1 aliphatic rings. The molecule has 0 bridgehead atoms. The zero-order valence-electron chi connectivity index (χ0n) is 14.4. The van der Waals surface area contributed by atoms with E-state index in [1.807, 2.05) is 48.5 Å². The van der Waals surface area contributed by atoms with Crippen LogP contribution in [0.1, 0.15) is 11.1 Å². The van der Waals surface area contributed by atoms with Crippen molar-refractivity contribution in [1.29, 1.82) is 0 Å². The van der Waals surface area contributed by atoms with E-state index in [0.29, 0.717) is 17.9 Å². The minimum absolute atomic E-state index is 0.126. The highest BCUT2D eigenvalue weighted by Gasteiger charge is 2.19. The van der Waals surface area contributed by atoms with Crippen LogP contribution in [0.25, 0.3) is 6.08 Å². The third-order valence-corrected chi connectivity index (χ3v) is 3.85. The fourth-order valence-corrected chi connectivity index (χ4v) is 2.49. The maximum absolute atomic E-state index is 12.1. The molecule has 0 saturated carbocycles. The number of carbonyl (C=O) groups excluding carboxylic acids is 2. The number of carbonyl (C=O) groups is 2. The molecule has 1 heterocycles. The maximum Gasteiger partial charge on any atom is 0.338 e. The molecule has 2 aromatic rings. The van der Waals surface area contributed by atoms with Gasteiger partial charge < -0.3 is 19.5 Å². The smallest absolute Gasteiger partial charge is 0.338 e. The second-order valence-electron chi connectivity index (χ2n) is 5.70. The number of methoxy groups -OCH3 is 1. The molecule has 0 aliphatic carbocycles. The van der Waals surface area contributed by atoms with Crippen LogP contribution in [0.3, 0.4) is 0 Å². The number of hydrogen-bond donors (Lipinski definition) is 1. The summed E-state index contributed by atoms with van der Waals surface area (Å²) in [6.45, 7) is 0.107. The lowest BCUT2D eigenvalue weighted by atomic mass is 10.1. The van der Waals surface area contributed by atoms with Gasteiger partial charge in [0.1, 0.15) is 18.1 Å². The fraction of sp³-hybridized carbons (Fsp3) is 0.200. The average Bonchev–Trinajstić information content (AvgIpc) is 2.70. The molecule has 0 atom stereocenters. The van der Waals surface area contributed by atoms with Crippen LogP contribution in [0.2, 0.25) is 0 Å². The summed E-state index contributed by atoms with van der Waals surface area (Å²) >= 11 is 0. The van der Waals surface area contributed by atoms with Crippen LogP contribution in [-0.4, -0.2) is 32.2 Å². The van der Waals surface area contributed by atoms with E-state index in [-0.39, 0.29) is 19.1 Å². The fourth-order valence-electron chi connectivity index (χ4n) is 2.49. The maximum atomic E-state index is 12.1. The number of fused-ring (bicyclic) bond motifs is 1. The van der Waals surface area contributed by atoms with Crippen molar-refractivity contribution >= 4 is 18.0 Å². The first-order chi connectivity index (χ1) is 12.7. The molecule has 0 unspecified atom stereocenters. The van der Waals surface area contributed by atoms with Crippen molar-refractivity contribution in [1.82, 2.24) is 5.32 Å². The number of amides is 1. The van der Waals surface area contributed by atoms with Crippen molar-refractivity contribution in [2.75, 3.05) is 20.3 Å². The standard InChI is InChI=1S/C20H19NO5/c1-24-17-7-4-5-14(9-17)11-21-19(22)13-26-20(23)16-10-15-6-2-3-8-18(15)25-12-16/h2-10H,11-13H2,1H3,(H,21,22). The van der Waals surface area contributed by atoms with Crippen LogP contribution in [-0.2, 0) is 20.9 Å². The van der Waals surface area contributed by atoms with Crippen LogP contribution in [0, 0.1) is 0 Å². The number of rotatable bonds is 6. The summed E-state index contributed by atoms with van der Waals surface area (Å²) in [5.74, 6) is 0.503. The summed E-state index contributed by atoms with van der Waals surface area (Å²) < 4.78 is 15.7. The van der Waals surface area contributed by atoms with Gasteiger partial charge in [-0.25, -0.2) is 4.79 Å². The van der Waals surface area contributed by atoms with E-state index in [1.165, 1.54) is 0 Å². The number of benzene rings is 2. The van der Waals surface area contributed by atoms with Crippen molar-refractivity contribution < 1.29 is 23.8 Å². The van der Waals surface area contributed by atoms with Gasteiger partial charge in [0.05, 0.1) is 12.7 Å². The van der Waals surface area contributed by atoms with Crippen LogP contribution in [0.15, 0.2) is 54.1 Å². The van der Waals surface area contributed by atoms with Gasteiger partial charge in [-0.15, -0.1) is 0 Å². The molecule has 6 heteroatoms. The lowest BCUT2D eigenvalue weighted by Crippen LogP contribution is -2.29. The third-order valence-electron chi connectivity index (χ3n) is 3.85. The predicted molar refractivity (Wildman–Crippen MR) is 95.7 cm³/mol. The monoisotopic (exact) mass is 353 g/mol. The minimum atomic E-state index is -0.559. The summed E-state index contributed by atoms with van der Waals surface area (Å²) in [5.41, 5.74) is 2.08. The highest BCUT2D eigenvalue weighted by Crippen LogP contribution is 2.26. The summed E-state index contributed by atoms with van der Waals surface area (Å²) in [7, 11) is 1.58. The van der Waals surface area contributed by atoms with Gasteiger partial charge in [-0.2, -0.15) is 0 Å². The molecular weight excluding hydrogens is 334 g/mol. The molecule has 1 aliphatic heterocycles. The normalized spacial score (nSPS) is 12.3. The molecule has 0 radical (unpaired) electrons. The number of ether oxygens (including phenoxy) is 3. The summed E-state index contributed by atoms with van der Waals surface area (Å²) in [5, 5.41) is 2.70. The van der Waals surface area contributed by atoms with E-state index >= 15 is 0 Å². The zero-order chi connectivity index (χ0) is 18.4. The second-order valence-corrected chi connectivity index (χ2v) is 5.70. The van der Waals surface area contributed by atoms with Gasteiger partial charge in [0.2, 0.25) is 0 Å². The SMILES string of the molecule is COc1cccc(CNC(=O)COC(=O)C2=Cc3ccccc3OC2)c1. The summed E-state index contributed by atoms with van der Waals surface area (Å²) in [6.07, 6.45) is 1.72. The molecule has 1 N–H and O–H groups in total. The Morgan fingerprint density at radius 3 is 2.85 bits per heavy atom. The Kier molecular flexibility index (Phi) is 5.53. The number of nitrogens with one attached hydrogen (secondary N) is 1. The first kappa shape index (κ1) is 17.5. The van der Waals surface area contributed by atoms with Crippen LogP contribution in [0.4, 0.5) is 0 Å². The Hall–Kier alpha value is -3.28. The molecule has 0 aromatic heterocycles. The van der Waals surface area contributed by atoms with Gasteiger partial charge in [-0.1, -0.05) is 30.3 Å². The lowest BCUT2D eigenvalue weighted by Gasteiger charge is -2.16. The van der Waals surface area contributed by atoms with E-state index in [2.05, 4.69) is 5.32 Å². The van der Waals surface area contributed by atoms with Crippen molar-refractivity contribution in [3.8, 4) is 11.5 Å². The molecule has 6 nitrogen and oxygen atoms in total. The molecule has 134 valence electrons. The van der Waals surface area contributed by atoms with Crippen LogP contribution in [0.5, 0.6) is 11.5 Å². The first-order valence-corrected chi connectivity index (χ1v) is 8.15. The molecule has 3 rings (SSSR count). The Morgan fingerprint density at radius 2 is 2.00 bits per heavy atom. The van der Waals surface area contributed by atoms with Gasteiger partial charge in [0, 0.05) is 12.1 Å². The lowest BCUT2D eigenvalue weighted by molar-refractivity contribution is -0.145. The van der Waals surface area contributed by atoms with E-state index in [4.69, 9.17) is 14.2 Å². The van der Waals surface area contributed by atoms with Gasteiger partial charge in [0.15, 0.2) is 6.61 Å². The molecule has 1 amide bonds. The second kappa shape index (κ2) is 8.20. The Bertz CT molecular complexity index is 844. The Balaban J connectivity index is 1.48. The highest BCUT2D eigenvalue weighted by molar-refractivity contribution is 5.96. The van der Waals surface area contributed by atoms with Gasteiger partial charge in [-0.3, -0.25) is 4.79 Å². The Morgan fingerprint density at radius 1 is 1.15 bits per heavy atom. The van der Waals surface area contributed by atoms with Crippen LogP contribution >= 0.6 is 0 Å². The van der Waals surface area contributed by atoms with Gasteiger partial charge in [0.25, 0.3) is 5.91 Å². The molecule has 0 fully saturated rings. The van der Waals surface area contributed by atoms with Crippen molar-refractivity contribution in [3.63, 3.8) is 0 Å². The zero-order valence-corrected chi connectivity index (χ0v) is 14.4. The largest absolute Gasteiger partial charge is 0.497 e. The molecule has 2 aromatic carbocycles. The van der Waals surface area contributed by atoms with E-state index in [0.717, 1.165) is 16.9 Å². The van der Waals surface area contributed by atoms with E-state index in [1.54, 1.807) is 13.2 Å². The van der Waals surface area contributed by atoms with Gasteiger partial charge >= 0.3 is 5.97 Å². The minimum Gasteiger partial charge on any atom is -0.497 e. The van der Waals surface area contributed by atoms with Crippen LogP contribution < -0.4 is 14.8 Å². The summed E-state index contributed by atoms with van der Waals surface area (Å²) in [4.78, 5) is 24.0. The molecule has 0 saturated heterocycles. The molecular formula is C20H19NO5. The van der Waals surface area contributed by atoms with Crippen molar-refractivity contribution in [3.05, 3.63) is 65.2 Å². The number of esters is 1. The van der Waals surface area contributed by atoms with E-state index < -0.39 is 5.97 Å². The topological polar surface area (TPSA) is 73.9 Å². The number of hydrogen-bond acceptors (Lipinski definition) is 5. The average molecular weight is 353 g/mol. The summed E-state index contributed by atoms with van der Waals surface area (Å²) in [6, 6.07) is 14.8. The first-order valence-electron chi connectivity index (χ1n) is 8.15. The molecule has 0 spiro atoms. The number of para-hydroxylation sites is 1.